The Labute approximate surface area is 132 Å². The average Bonchev–Trinajstić information content (AvgIpc) is 2.86. The van der Waals surface area contributed by atoms with Gasteiger partial charge in [0.1, 0.15) is 5.69 Å². The van der Waals surface area contributed by atoms with Gasteiger partial charge in [-0.05, 0) is 46.1 Å². The molecule has 0 aliphatic rings. The zero-order valence-corrected chi connectivity index (χ0v) is 13.6. The summed E-state index contributed by atoms with van der Waals surface area (Å²) >= 11 is 0. The summed E-state index contributed by atoms with van der Waals surface area (Å²) in [6.07, 6.45) is 1.10. The van der Waals surface area contributed by atoms with Gasteiger partial charge in [0.15, 0.2) is 0 Å². The summed E-state index contributed by atoms with van der Waals surface area (Å²) in [6, 6.07) is 17.1. The van der Waals surface area contributed by atoms with Crippen LogP contribution in [0, 0.1) is 6.92 Å². The molecule has 0 atom stereocenters. The molecule has 3 aromatic rings. The molecule has 114 valence electrons. The van der Waals surface area contributed by atoms with Gasteiger partial charge >= 0.3 is 0 Å². The summed E-state index contributed by atoms with van der Waals surface area (Å²) in [7, 11) is 4.22. The normalized spacial score (nSPS) is 11.5. The third kappa shape index (κ3) is 3.04. The fourth-order valence-electron chi connectivity index (χ4n) is 2.81. The first-order chi connectivity index (χ1) is 10.6. The van der Waals surface area contributed by atoms with Crippen LogP contribution in [0.2, 0.25) is 0 Å². The van der Waals surface area contributed by atoms with Crippen molar-refractivity contribution in [3.05, 3.63) is 54.1 Å². The van der Waals surface area contributed by atoms with Crippen molar-refractivity contribution in [1.82, 2.24) is 14.7 Å². The van der Waals surface area contributed by atoms with Crippen LogP contribution in [0.15, 0.2) is 48.5 Å². The van der Waals surface area contributed by atoms with E-state index in [2.05, 4.69) is 73.1 Å². The topological polar surface area (TPSA) is 21.1 Å². The molecule has 2 aromatic carbocycles. The van der Waals surface area contributed by atoms with Crippen molar-refractivity contribution in [3.8, 4) is 11.3 Å². The zero-order chi connectivity index (χ0) is 15.5. The fraction of sp³-hybridized carbons (Fsp3) is 0.316. The van der Waals surface area contributed by atoms with Gasteiger partial charge in [-0.1, -0.05) is 42.0 Å². The summed E-state index contributed by atoms with van der Waals surface area (Å²) in [4.78, 5) is 2.22. The second kappa shape index (κ2) is 6.32. The van der Waals surface area contributed by atoms with Gasteiger partial charge in [0.05, 0.1) is 5.52 Å². The van der Waals surface area contributed by atoms with Gasteiger partial charge < -0.3 is 4.90 Å². The highest BCUT2D eigenvalue weighted by atomic mass is 15.3. The zero-order valence-electron chi connectivity index (χ0n) is 13.6. The Kier molecular flexibility index (Phi) is 4.25. The highest BCUT2D eigenvalue weighted by Crippen LogP contribution is 2.28. The lowest BCUT2D eigenvalue weighted by Gasteiger charge is -2.09. The minimum absolute atomic E-state index is 0.949. The molecule has 3 heteroatoms. The van der Waals surface area contributed by atoms with Crippen molar-refractivity contribution >= 4 is 10.9 Å². The molecule has 1 aromatic heterocycles. The molecular weight excluding hydrogens is 270 g/mol. The molecule has 22 heavy (non-hydrogen) atoms. The van der Waals surface area contributed by atoms with E-state index in [0.717, 1.165) is 25.2 Å². The number of hydrogen-bond acceptors (Lipinski definition) is 2. The Morgan fingerprint density at radius 1 is 1.05 bits per heavy atom. The predicted molar refractivity (Wildman–Crippen MR) is 93.1 cm³/mol. The van der Waals surface area contributed by atoms with Gasteiger partial charge in [-0.25, -0.2) is 0 Å². The molecule has 0 amide bonds. The summed E-state index contributed by atoms with van der Waals surface area (Å²) in [5, 5.41) is 6.14. The molecule has 0 unspecified atom stereocenters. The Hall–Kier alpha value is -2.13. The lowest BCUT2D eigenvalue weighted by Crippen LogP contribution is -2.15. The van der Waals surface area contributed by atoms with E-state index in [4.69, 9.17) is 5.10 Å². The van der Waals surface area contributed by atoms with E-state index in [-0.39, 0.29) is 0 Å². The SMILES string of the molecule is Cc1ccc2c(c1)c(-c1ccccc1)nn2CCCN(C)C. The molecule has 3 nitrogen and oxygen atoms in total. The number of rotatable bonds is 5. The lowest BCUT2D eigenvalue weighted by molar-refractivity contribution is 0.383. The Bertz CT molecular complexity index is 757. The third-order valence-electron chi connectivity index (χ3n) is 3.93. The molecule has 1 heterocycles. The van der Waals surface area contributed by atoms with E-state index < -0.39 is 0 Å². The number of aromatic nitrogens is 2. The maximum absolute atomic E-state index is 4.90. The summed E-state index contributed by atoms with van der Waals surface area (Å²) in [6.45, 7) is 4.16. The van der Waals surface area contributed by atoms with Gasteiger partial charge in [0.2, 0.25) is 0 Å². The molecule has 0 N–H and O–H groups in total. The summed E-state index contributed by atoms with van der Waals surface area (Å²) < 4.78 is 2.15. The van der Waals surface area contributed by atoms with Crippen molar-refractivity contribution in [3.63, 3.8) is 0 Å². The standard InChI is InChI=1S/C19H23N3/c1-15-10-11-18-17(14-15)19(16-8-5-4-6-9-16)20-22(18)13-7-12-21(2)3/h4-6,8-11,14H,7,12-13H2,1-3H3. The van der Waals surface area contributed by atoms with E-state index in [1.807, 2.05) is 6.07 Å². The third-order valence-corrected chi connectivity index (χ3v) is 3.93. The van der Waals surface area contributed by atoms with Crippen LogP contribution in [0.3, 0.4) is 0 Å². The van der Waals surface area contributed by atoms with Crippen LogP contribution in [0.4, 0.5) is 0 Å². The quantitative estimate of drug-likeness (QED) is 0.710. The summed E-state index contributed by atoms with van der Waals surface area (Å²) in [5.74, 6) is 0. The number of benzene rings is 2. The second-order valence-electron chi connectivity index (χ2n) is 6.12. The average molecular weight is 293 g/mol. The van der Waals surface area contributed by atoms with Crippen molar-refractivity contribution in [2.24, 2.45) is 0 Å². The molecule has 0 saturated carbocycles. The van der Waals surface area contributed by atoms with Gasteiger partial charge in [-0.15, -0.1) is 0 Å². The van der Waals surface area contributed by atoms with Crippen LogP contribution in [0.1, 0.15) is 12.0 Å². The van der Waals surface area contributed by atoms with E-state index >= 15 is 0 Å². The second-order valence-corrected chi connectivity index (χ2v) is 6.12. The predicted octanol–water partition coefficient (Wildman–Crippen LogP) is 3.96. The minimum Gasteiger partial charge on any atom is -0.309 e. The smallest absolute Gasteiger partial charge is 0.100 e. The highest BCUT2D eigenvalue weighted by Gasteiger charge is 2.12. The molecule has 0 bridgehead atoms. The first-order valence-corrected chi connectivity index (χ1v) is 7.82. The lowest BCUT2D eigenvalue weighted by atomic mass is 10.1. The number of aryl methyl sites for hydroxylation is 2. The van der Waals surface area contributed by atoms with Gasteiger partial charge in [0.25, 0.3) is 0 Å². The van der Waals surface area contributed by atoms with Crippen LogP contribution in [-0.2, 0) is 6.54 Å². The molecule has 0 aliphatic heterocycles. The molecule has 0 saturated heterocycles. The van der Waals surface area contributed by atoms with Crippen LogP contribution in [0.25, 0.3) is 22.2 Å². The molecule has 3 rings (SSSR count). The van der Waals surface area contributed by atoms with E-state index in [1.165, 1.54) is 22.0 Å². The fourth-order valence-corrected chi connectivity index (χ4v) is 2.81. The first kappa shape index (κ1) is 14.8. The maximum Gasteiger partial charge on any atom is 0.100 e. The first-order valence-electron chi connectivity index (χ1n) is 7.82. The van der Waals surface area contributed by atoms with Gasteiger partial charge in [0, 0.05) is 17.5 Å². The molecule has 0 spiro atoms. The van der Waals surface area contributed by atoms with E-state index in [1.54, 1.807) is 0 Å². The summed E-state index contributed by atoms with van der Waals surface area (Å²) in [5.41, 5.74) is 4.77. The number of nitrogens with zero attached hydrogens (tertiary/aromatic N) is 3. The van der Waals surface area contributed by atoms with Crippen molar-refractivity contribution in [2.75, 3.05) is 20.6 Å². The Balaban J connectivity index is 2.03. The van der Waals surface area contributed by atoms with Crippen LogP contribution >= 0.6 is 0 Å². The monoisotopic (exact) mass is 293 g/mol. The molecule has 0 radical (unpaired) electrons. The number of fused-ring (bicyclic) bond motifs is 1. The molecular formula is C19H23N3. The van der Waals surface area contributed by atoms with Gasteiger partial charge in [-0.3, -0.25) is 4.68 Å². The van der Waals surface area contributed by atoms with Gasteiger partial charge in [-0.2, -0.15) is 5.10 Å². The van der Waals surface area contributed by atoms with Crippen LogP contribution in [0.5, 0.6) is 0 Å². The van der Waals surface area contributed by atoms with E-state index in [9.17, 15) is 0 Å². The van der Waals surface area contributed by atoms with Crippen LogP contribution in [-0.4, -0.2) is 35.3 Å². The van der Waals surface area contributed by atoms with Crippen molar-refractivity contribution in [1.29, 1.82) is 0 Å². The molecule has 0 aliphatic carbocycles. The van der Waals surface area contributed by atoms with Crippen molar-refractivity contribution < 1.29 is 0 Å². The highest BCUT2D eigenvalue weighted by molar-refractivity contribution is 5.93. The maximum atomic E-state index is 4.90. The van der Waals surface area contributed by atoms with E-state index in [0.29, 0.717) is 0 Å². The minimum atomic E-state index is 0.949. The Morgan fingerprint density at radius 2 is 1.82 bits per heavy atom. The van der Waals surface area contributed by atoms with Crippen molar-refractivity contribution in [2.45, 2.75) is 19.9 Å². The largest absolute Gasteiger partial charge is 0.309 e. The molecule has 0 fully saturated rings. The Morgan fingerprint density at radius 3 is 2.55 bits per heavy atom. The number of hydrogen-bond donors (Lipinski definition) is 0. The van der Waals surface area contributed by atoms with Crippen LogP contribution < -0.4 is 0 Å².